The van der Waals surface area contributed by atoms with Crippen LogP contribution >= 0.6 is 11.3 Å². The van der Waals surface area contributed by atoms with Crippen molar-refractivity contribution in [1.82, 2.24) is 4.98 Å². The molecule has 1 rings (SSSR count). The van der Waals surface area contributed by atoms with E-state index in [2.05, 4.69) is 11.6 Å². The third-order valence-corrected chi connectivity index (χ3v) is 2.40. The number of hydrogen-bond donors (Lipinski definition) is 1. The molecule has 0 aliphatic rings. The minimum atomic E-state index is -0.817. The molecule has 0 fully saturated rings. The molecule has 5 heteroatoms. The van der Waals surface area contributed by atoms with Crippen molar-refractivity contribution in [3.05, 3.63) is 28.7 Å². The molecule has 0 bridgehead atoms. The lowest BCUT2D eigenvalue weighted by molar-refractivity contribution is 0.0520. The number of aromatic nitrogens is 1. The first kappa shape index (κ1) is 10.9. The summed E-state index contributed by atoms with van der Waals surface area (Å²) in [6.07, 6.45) is 0.538. The van der Waals surface area contributed by atoms with E-state index in [-0.39, 0.29) is 5.69 Å². The van der Waals surface area contributed by atoms with Gasteiger partial charge < -0.3 is 9.84 Å². The SMILES string of the molecule is C=C[C@@H](O)c1nc(C(=O)OCC)cs1. The van der Waals surface area contributed by atoms with Crippen molar-refractivity contribution in [2.24, 2.45) is 0 Å². The average Bonchev–Trinajstić information content (AvgIpc) is 2.66. The fraction of sp³-hybridized carbons (Fsp3) is 0.333. The second kappa shape index (κ2) is 4.88. The van der Waals surface area contributed by atoms with Crippen LogP contribution in [0, 0.1) is 0 Å². The fourth-order valence-corrected chi connectivity index (χ4v) is 1.59. The normalized spacial score (nSPS) is 12.1. The van der Waals surface area contributed by atoms with Crippen LogP contribution in [0.25, 0.3) is 0 Å². The zero-order valence-corrected chi connectivity index (χ0v) is 8.58. The number of aliphatic hydroxyl groups excluding tert-OH is 1. The summed E-state index contributed by atoms with van der Waals surface area (Å²) in [6.45, 7) is 5.47. The second-order valence-electron chi connectivity index (χ2n) is 2.47. The van der Waals surface area contributed by atoms with Gasteiger partial charge in [0.05, 0.1) is 6.61 Å². The van der Waals surface area contributed by atoms with Gasteiger partial charge in [-0.2, -0.15) is 0 Å². The number of ether oxygens (including phenoxy) is 1. The van der Waals surface area contributed by atoms with Gasteiger partial charge in [0.15, 0.2) is 5.69 Å². The van der Waals surface area contributed by atoms with Crippen molar-refractivity contribution in [2.75, 3.05) is 6.61 Å². The second-order valence-corrected chi connectivity index (χ2v) is 3.36. The van der Waals surface area contributed by atoms with E-state index in [9.17, 15) is 9.90 Å². The molecule has 1 atom stereocenters. The number of carbonyl (C=O) groups excluding carboxylic acids is 1. The van der Waals surface area contributed by atoms with E-state index in [0.29, 0.717) is 11.6 Å². The van der Waals surface area contributed by atoms with E-state index in [1.54, 1.807) is 12.3 Å². The predicted molar refractivity (Wildman–Crippen MR) is 53.2 cm³/mol. The van der Waals surface area contributed by atoms with Crippen molar-refractivity contribution >= 4 is 17.3 Å². The molecule has 1 aromatic rings. The maximum absolute atomic E-state index is 11.2. The van der Waals surface area contributed by atoms with Crippen molar-refractivity contribution in [1.29, 1.82) is 0 Å². The highest BCUT2D eigenvalue weighted by molar-refractivity contribution is 7.09. The van der Waals surface area contributed by atoms with Crippen molar-refractivity contribution in [3.63, 3.8) is 0 Å². The molecule has 1 heterocycles. The topological polar surface area (TPSA) is 59.4 Å². The van der Waals surface area contributed by atoms with Gasteiger partial charge >= 0.3 is 5.97 Å². The smallest absolute Gasteiger partial charge is 0.357 e. The molecule has 0 aromatic carbocycles. The minimum absolute atomic E-state index is 0.229. The Labute approximate surface area is 85.9 Å². The Morgan fingerprint density at radius 1 is 1.93 bits per heavy atom. The number of carbonyl (C=O) groups is 1. The molecule has 1 N–H and O–H groups in total. The molecule has 0 saturated heterocycles. The summed E-state index contributed by atoms with van der Waals surface area (Å²) >= 11 is 1.20. The Kier molecular flexibility index (Phi) is 3.79. The van der Waals surface area contributed by atoms with Crippen LogP contribution in [0.1, 0.15) is 28.5 Å². The number of thiazole rings is 1. The minimum Gasteiger partial charge on any atom is -0.461 e. The molecule has 4 nitrogen and oxygen atoms in total. The van der Waals surface area contributed by atoms with Gasteiger partial charge in [0.2, 0.25) is 0 Å². The number of hydrogen-bond acceptors (Lipinski definition) is 5. The number of nitrogens with zero attached hydrogens (tertiary/aromatic N) is 1. The summed E-state index contributed by atoms with van der Waals surface area (Å²) in [4.78, 5) is 15.1. The van der Waals surface area contributed by atoms with Crippen LogP contribution in [0.3, 0.4) is 0 Å². The Balaban J connectivity index is 2.77. The van der Waals surface area contributed by atoms with E-state index < -0.39 is 12.1 Å². The largest absolute Gasteiger partial charge is 0.461 e. The summed E-state index contributed by atoms with van der Waals surface area (Å²) in [7, 11) is 0. The molecular weight excluding hydrogens is 202 g/mol. The molecule has 0 radical (unpaired) electrons. The van der Waals surface area contributed by atoms with E-state index in [0.717, 1.165) is 0 Å². The molecule has 14 heavy (non-hydrogen) atoms. The highest BCUT2D eigenvalue weighted by Gasteiger charge is 2.14. The summed E-state index contributed by atoms with van der Waals surface area (Å²) < 4.78 is 4.75. The first-order valence-electron chi connectivity index (χ1n) is 4.12. The average molecular weight is 213 g/mol. The standard InChI is InChI=1S/C9H11NO3S/c1-3-7(11)8-10-6(5-14-8)9(12)13-4-2/h3,5,7,11H,1,4H2,2H3/t7-/m1/s1. The van der Waals surface area contributed by atoms with Gasteiger partial charge in [-0.1, -0.05) is 6.08 Å². The Bertz CT molecular complexity index is 335. The molecule has 0 amide bonds. The lowest BCUT2D eigenvalue weighted by atomic mass is 10.4. The van der Waals surface area contributed by atoms with Crippen molar-refractivity contribution in [2.45, 2.75) is 13.0 Å². The van der Waals surface area contributed by atoms with Crippen LogP contribution in [0.2, 0.25) is 0 Å². The van der Waals surface area contributed by atoms with Gasteiger partial charge in [0, 0.05) is 5.38 Å². The van der Waals surface area contributed by atoms with Crippen LogP contribution in [-0.4, -0.2) is 22.7 Å². The Morgan fingerprint density at radius 2 is 2.64 bits per heavy atom. The highest BCUT2D eigenvalue weighted by atomic mass is 32.1. The van der Waals surface area contributed by atoms with E-state index in [1.807, 2.05) is 0 Å². The first-order chi connectivity index (χ1) is 6.69. The molecule has 0 aliphatic heterocycles. The van der Waals surface area contributed by atoms with Crippen LogP contribution in [0.5, 0.6) is 0 Å². The van der Waals surface area contributed by atoms with Gasteiger partial charge in [-0.3, -0.25) is 0 Å². The van der Waals surface area contributed by atoms with Crippen molar-refractivity contribution in [3.8, 4) is 0 Å². The quantitative estimate of drug-likeness (QED) is 0.608. The molecule has 0 aliphatic carbocycles. The van der Waals surface area contributed by atoms with Crippen LogP contribution in [0.15, 0.2) is 18.0 Å². The van der Waals surface area contributed by atoms with E-state index in [4.69, 9.17) is 4.74 Å². The molecule has 1 aromatic heterocycles. The summed E-state index contributed by atoms with van der Waals surface area (Å²) in [5, 5.41) is 11.3. The fourth-order valence-electron chi connectivity index (χ4n) is 0.823. The summed E-state index contributed by atoms with van der Waals surface area (Å²) in [5.74, 6) is -0.466. The van der Waals surface area contributed by atoms with Gasteiger partial charge in [0.25, 0.3) is 0 Å². The zero-order valence-electron chi connectivity index (χ0n) is 7.77. The lowest BCUT2D eigenvalue weighted by Crippen LogP contribution is -2.05. The van der Waals surface area contributed by atoms with E-state index >= 15 is 0 Å². The third-order valence-electron chi connectivity index (χ3n) is 1.48. The zero-order chi connectivity index (χ0) is 10.6. The molecule has 0 spiro atoms. The van der Waals surface area contributed by atoms with Gasteiger partial charge in [0.1, 0.15) is 11.1 Å². The van der Waals surface area contributed by atoms with E-state index in [1.165, 1.54) is 17.4 Å². The van der Waals surface area contributed by atoms with Crippen LogP contribution in [-0.2, 0) is 4.74 Å². The number of esters is 1. The number of rotatable bonds is 4. The number of aliphatic hydroxyl groups is 1. The molecule has 76 valence electrons. The summed E-state index contributed by atoms with van der Waals surface area (Å²) in [6, 6.07) is 0. The van der Waals surface area contributed by atoms with Gasteiger partial charge in [-0.25, -0.2) is 9.78 Å². The highest BCUT2D eigenvalue weighted by Crippen LogP contribution is 2.19. The summed E-state index contributed by atoms with van der Waals surface area (Å²) in [5.41, 5.74) is 0.229. The Morgan fingerprint density at radius 3 is 3.21 bits per heavy atom. The van der Waals surface area contributed by atoms with Gasteiger partial charge in [-0.05, 0) is 6.92 Å². The monoisotopic (exact) mass is 213 g/mol. The maximum Gasteiger partial charge on any atom is 0.357 e. The molecule has 0 saturated carbocycles. The lowest BCUT2D eigenvalue weighted by Gasteiger charge is -1.98. The maximum atomic E-state index is 11.2. The first-order valence-corrected chi connectivity index (χ1v) is 5.00. The molecule has 0 unspecified atom stereocenters. The van der Waals surface area contributed by atoms with Crippen molar-refractivity contribution < 1.29 is 14.6 Å². The van der Waals surface area contributed by atoms with Crippen LogP contribution < -0.4 is 0 Å². The van der Waals surface area contributed by atoms with Gasteiger partial charge in [-0.15, -0.1) is 17.9 Å². The Hall–Kier alpha value is -1.20. The predicted octanol–water partition coefficient (Wildman–Crippen LogP) is 1.54. The van der Waals surface area contributed by atoms with Crippen LogP contribution in [0.4, 0.5) is 0 Å². The molecular formula is C9H11NO3S. The third kappa shape index (κ3) is 2.40.